The molecular formula is C45H44ClN5O5Si. The fourth-order valence-corrected chi connectivity index (χ4v) is 14.0. The SMILES string of the molecule is COc1ccc([Si](C)(C)[C@H]2[C@H](CCn3cc(CCO)nn3)O[C@@]3(C(=O)N(Cc4cccc(N5C(=O)c6cccc7cccc5c67)c4)c4ccc(Cl)cc43)[C@@H]2C)cc1. The van der Waals surface area contributed by atoms with E-state index in [0.717, 1.165) is 50.4 Å². The molecule has 0 aliphatic carbocycles. The molecule has 3 aliphatic heterocycles. The molecule has 0 saturated carbocycles. The number of amides is 2. The van der Waals surface area contributed by atoms with E-state index in [9.17, 15) is 9.90 Å². The molecule has 10 nitrogen and oxygen atoms in total. The highest BCUT2D eigenvalue weighted by molar-refractivity contribution is 6.91. The number of fused-ring (bicyclic) bond motifs is 2. The van der Waals surface area contributed by atoms with Crippen LogP contribution in [0.25, 0.3) is 10.8 Å². The van der Waals surface area contributed by atoms with Crippen molar-refractivity contribution in [2.24, 2.45) is 5.92 Å². The fourth-order valence-electron chi connectivity index (χ4n) is 9.80. The average molecular weight is 798 g/mol. The van der Waals surface area contributed by atoms with E-state index in [1.54, 1.807) is 16.7 Å². The van der Waals surface area contributed by atoms with Crippen molar-refractivity contribution >= 4 is 64.5 Å². The Kier molecular flexibility index (Phi) is 9.31. The summed E-state index contributed by atoms with van der Waals surface area (Å²) in [5, 5.41) is 21.8. The standard InChI is InChI=1S/C45H44ClN5O5Si/c1-28-42(57(3,4)35-17-15-34(55-2)16-18-35)40(20-22-49-27-32(21-23-52)47-48-49)56-45(28)37-25-31(46)14-19-38(37)50(44(45)54)26-29-8-5-11-33(24-29)51-39-13-7-10-30-9-6-12-36(41(30)39)43(51)53/h5-19,24-25,27-28,40,42,52H,20-23,26H2,1-4H3/t28-,40+,42-,45+/m1/s1. The molecule has 57 heavy (non-hydrogen) atoms. The molecule has 6 aromatic rings. The molecule has 0 unspecified atom stereocenters. The second-order valence-corrected chi connectivity index (χ2v) is 21.1. The highest BCUT2D eigenvalue weighted by atomic mass is 35.5. The monoisotopic (exact) mass is 797 g/mol. The number of nitrogens with zero attached hydrogens (tertiary/aromatic N) is 5. The van der Waals surface area contributed by atoms with Gasteiger partial charge in [0.05, 0.1) is 50.5 Å². The Morgan fingerprint density at radius 2 is 1.72 bits per heavy atom. The van der Waals surface area contributed by atoms with Crippen LogP contribution >= 0.6 is 11.6 Å². The Bertz CT molecular complexity index is 2540. The quantitative estimate of drug-likeness (QED) is 0.134. The number of hydrogen-bond acceptors (Lipinski definition) is 7. The Labute approximate surface area is 337 Å². The van der Waals surface area contributed by atoms with Gasteiger partial charge in [-0.2, -0.15) is 0 Å². The highest BCUT2D eigenvalue weighted by Gasteiger charge is 2.66. The van der Waals surface area contributed by atoms with Gasteiger partial charge in [0.15, 0.2) is 5.60 Å². The van der Waals surface area contributed by atoms with E-state index in [1.807, 2.05) is 102 Å². The van der Waals surface area contributed by atoms with Gasteiger partial charge in [-0.25, -0.2) is 0 Å². The van der Waals surface area contributed by atoms with Crippen molar-refractivity contribution in [3.8, 4) is 5.75 Å². The molecule has 2 amide bonds. The third kappa shape index (κ3) is 5.98. The first kappa shape index (κ1) is 37.3. The van der Waals surface area contributed by atoms with Crippen molar-refractivity contribution in [2.45, 2.75) is 63.2 Å². The second-order valence-electron chi connectivity index (χ2n) is 15.9. The fraction of sp³-hybridized carbons (Fsp3) is 0.289. The van der Waals surface area contributed by atoms with Gasteiger partial charge in [0.2, 0.25) is 0 Å². The van der Waals surface area contributed by atoms with Crippen LogP contribution in [0.15, 0.2) is 109 Å². The van der Waals surface area contributed by atoms with Gasteiger partial charge in [-0.1, -0.05) is 90.5 Å². The average Bonchev–Trinajstić information content (AvgIpc) is 3.93. The van der Waals surface area contributed by atoms with Crippen LogP contribution in [0.1, 0.15) is 40.5 Å². The van der Waals surface area contributed by atoms with Gasteiger partial charge in [0.25, 0.3) is 11.8 Å². The number of aryl methyl sites for hydroxylation is 1. The van der Waals surface area contributed by atoms with Crippen LogP contribution in [0.5, 0.6) is 5.75 Å². The number of methoxy groups -OCH3 is 1. The van der Waals surface area contributed by atoms with Crippen molar-refractivity contribution in [2.75, 3.05) is 23.5 Å². The Morgan fingerprint density at radius 1 is 0.947 bits per heavy atom. The number of halogens is 1. The molecule has 4 atom stereocenters. The van der Waals surface area contributed by atoms with Gasteiger partial charge in [0.1, 0.15) is 5.75 Å². The zero-order valence-electron chi connectivity index (χ0n) is 32.4. The largest absolute Gasteiger partial charge is 0.497 e. The first-order valence-corrected chi connectivity index (χ1v) is 22.9. The van der Waals surface area contributed by atoms with E-state index in [4.69, 9.17) is 21.1 Å². The number of carbonyl (C=O) groups excluding carboxylic acids is 2. The van der Waals surface area contributed by atoms with E-state index >= 15 is 4.79 Å². The van der Waals surface area contributed by atoms with Gasteiger partial charge in [-0.05, 0) is 77.5 Å². The number of hydrogen-bond donors (Lipinski definition) is 1. The van der Waals surface area contributed by atoms with Gasteiger partial charge in [0, 0.05) is 53.3 Å². The molecule has 0 radical (unpaired) electrons. The van der Waals surface area contributed by atoms with Gasteiger partial charge in [-0.3, -0.25) is 19.2 Å². The summed E-state index contributed by atoms with van der Waals surface area (Å²) in [4.78, 5) is 32.9. The molecular weight excluding hydrogens is 754 g/mol. The zero-order chi connectivity index (χ0) is 39.6. The summed E-state index contributed by atoms with van der Waals surface area (Å²) in [6, 6.07) is 33.7. The summed E-state index contributed by atoms with van der Waals surface area (Å²) in [5.41, 5.74) is 4.17. The number of anilines is 3. The van der Waals surface area contributed by atoms with Crippen molar-refractivity contribution in [3.05, 3.63) is 137 Å². The van der Waals surface area contributed by atoms with Crippen LogP contribution in [0.3, 0.4) is 0 Å². The van der Waals surface area contributed by atoms with Crippen molar-refractivity contribution in [1.82, 2.24) is 15.0 Å². The Morgan fingerprint density at radius 3 is 2.49 bits per heavy atom. The number of aliphatic hydroxyl groups is 1. The van der Waals surface area contributed by atoms with Crippen molar-refractivity contribution in [1.29, 1.82) is 0 Å². The highest BCUT2D eigenvalue weighted by Crippen LogP contribution is 2.60. The first-order chi connectivity index (χ1) is 27.5. The molecule has 290 valence electrons. The molecule has 3 aliphatic rings. The summed E-state index contributed by atoms with van der Waals surface area (Å²) in [6.07, 6.45) is 2.61. The molecule has 5 aromatic carbocycles. The lowest BCUT2D eigenvalue weighted by Crippen LogP contribution is -2.51. The summed E-state index contributed by atoms with van der Waals surface area (Å²) in [7, 11) is -0.715. The number of rotatable bonds is 11. The van der Waals surface area contributed by atoms with Crippen LogP contribution in [0, 0.1) is 5.92 Å². The third-order valence-electron chi connectivity index (χ3n) is 12.5. The predicted octanol–water partition coefficient (Wildman–Crippen LogP) is 7.77. The second kappa shape index (κ2) is 14.2. The molecule has 1 saturated heterocycles. The predicted molar refractivity (Wildman–Crippen MR) is 225 cm³/mol. The molecule has 1 N–H and O–H groups in total. The summed E-state index contributed by atoms with van der Waals surface area (Å²) >= 11 is 6.76. The molecule has 0 bridgehead atoms. The third-order valence-corrected chi connectivity index (χ3v) is 17.1. The molecule has 12 heteroatoms. The summed E-state index contributed by atoms with van der Waals surface area (Å²) < 4.78 is 14.6. The normalized spacial score (nSPS) is 21.3. The molecule has 1 aromatic heterocycles. The lowest BCUT2D eigenvalue weighted by atomic mass is 9.82. The van der Waals surface area contributed by atoms with Gasteiger partial charge in [-0.15, -0.1) is 5.10 Å². The number of aromatic nitrogens is 3. The number of aliphatic hydroxyl groups excluding tert-OH is 1. The van der Waals surface area contributed by atoms with E-state index in [-0.39, 0.29) is 42.5 Å². The maximum atomic E-state index is 15.4. The Hall–Kier alpha value is -5.33. The Balaban J connectivity index is 1.08. The van der Waals surface area contributed by atoms with E-state index < -0.39 is 13.7 Å². The minimum absolute atomic E-state index is 0.000227. The number of benzene rings is 5. The van der Waals surface area contributed by atoms with E-state index in [2.05, 4.69) is 42.5 Å². The molecule has 1 spiro atoms. The number of carbonyl (C=O) groups is 2. The van der Waals surface area contributed by atoms with Gasteiger partial charge < -0.3 is 19.5 Å². The summed E-state index contributed by atoms with van der Waals surface area (Å²) in [6.45, 7) is 7.71. The zero-order valence-corrected chi connectivity index (χ0v) is 34.1. The minimum atomic E-state index is -2.38. The van der Waals surface area contributed by atoms with Crippen molar-refractivity contribution < 1.29 is 24.2 Å². The van der Waals surface area contributed by atoms with E-state index in [0.29, 0.717) is 30.0 Å². The molecule has 1 fully saturated rings. The first-order valence-electron chi connectivity index (χ1n) is 19.4. The van der Waals surface area contributed by atoms with Crippen LogP contribution < -0.4 is 19.7 Å². The van der Waals surface area contributed by atoms with E-state index in [1.165, 1.54) is 5.19 Å². The minimum Gasteiger partial charge on any atom is -0.497 e. The number of ether oxygens (including phenoxy) is 2. The lowest BCUT2D eigenvalue weighted by Gasteiger charge is -2.37. The summed E-state index contributed by atoms with van der Waals surface area (Å²) in [5.74, 6) is 0.390. The maximum absolute atomic E-state index is 15.4. The van der Waals surface area contributed by atoms with Crippen LogP contribution in [-0.4, -0.2) is 59.8 Å². The molecule has 4 heterocycles. The lowest BCUT2D eigenvalue weighted by molar-refractivity contribution is -0.146. The molecule has 9 rings (SSSR count). The van der Waals surface area contributed by atoms with Crippen LogP contribution in [-0.2, 0) is 34.6 Å². The smallest absolute Gasteiger partial charge is 0.264 e. The topological polar surface area (TPSA) is 110 Å². The van der Waals surface area contributed by atoms with Crippen LogP contribution in [0.2, 0.25) is 23.7 Å². The van der Waals surface area contributed by atoms with Gasteiger partial charge >= 0.3 is 0 Å². The van der Waals surface area contributed by atoms with Crippen molar-refractivity contribution in [3.63, 3.8) is 0 Å². The van der Waals surface area contributed by atoms with Crippen LogP contribution in [0.4, 0.5) is 17.1 Å². The maximum Gasteiger partial charge on any atom is 0.264 e.